The highest BCUT2D eigenvalue weighted by molar-refractivity contribution is 5.88. The Bertz CT molecular complexity index is 563. The first kappa shape index (κ1) is 11.2. The number of benzene rings is 1. The fraction of sp³-hybridized carbons (Fsp3) is 0. The molecule has 3 nitrogen and oxygen atoms in total. The Kier molecular flexibility index (Phi) is 2.80. The molecule has 6 heteroatoms. The van der Waals surface area contributed by atoms with Crippen LogP contribution in [0.3, 0.4) is 0 Å². The van der Waals surface area contributed by atoms with Crippen LogP contribution in [-0.4, -0.2) is 12.2 Å². The van der Waals surface area contributed by atoms with Crippen LogP contribution in [0.4, 0.5) is 13.2 Å². The minimum Gasteiger partial charge on any atom is -0.330 e. The van der Waals surface area contributed by atoms with Gasteiger partial charge in [0.1, 0.15) is 0 Å². The fourth-order valence-corrected chi connectivity index (χ4v) is 1.32. The summed E-state index contributed by atoms with van der Waals surface area (Å²) < 4.78 is 38.7. The van der Waals surface area contributed by atoms with Crippen molar-refractivity contribution in [3.05, 3.63) is 47.0 Å². The Morgan fingerprint density at radius 1 is 1.18 bits per heavy atom. The van der Waals surface area contributed by atoms with E-state index in [4.69, 9.17) is 0 Å². The van der Waals surface area contributed by atoms with Crippen molar-refractivity contribution in [1.82, 2.24) is 5.32 Å². The molecule has 0 saturated heterocycles. The molecule has 0 aromatic heterocycles. The van der Waals surface area contributed by atoms with Gasteiger partial charge in [-0.3, -0.25) is 0 Å². The van der Waals surface area contributed by atoms with Crippen molar-refractivity contribution in [2.24, 2.45) is 4.99 Å². The van der Waals surface area contributed by atoms with Crippen molar-refractivity contribution in [3.8, 4) is 0 Å². The molecule has 0 fully saturated rings. The predicted molar refractivity (Wildman–Crippen MR) is 55.1 cm³/mol. The van der Waals surface area contributed by atoms with Crippen LogP contribution in [0, 0.1) is 17.5 Å². The highest BCUT2D eigenvalue weighted by Gasteiger charge is 2.14. The highest BCUT2D eigenvalue weighted by atomic mass is 19.2. The summed E-state index contributed by atoms with van der Waals surface area (Å²) in [6.07, 6.45) is 2.66. The minimum absolute atomic E-state index is 0.0697. The number of halogens is 3. The molecule has 1 aliphatic heterocycles. The summed E-state index contributed by atoms with van der Waals surface area (Å²) in [7, 11) is 0. The Labute approximate surface area is 94.0 Å². The maximum atomic E-state index is 13.0. The number of carbonyl (C=O) groups excluding carboxylic acids is 1. The van der Waals surface area contributed by atoms with Gasteiger partial charge in [0.15, 0.2) is 23.4 Å². The molecule has 1 N–H and O–H groups in total. The number of hydrogen-bond acceptors (Lipinski definition) is 3. The number of nitrogens with one attached hydrogen (secondary N) is 1. The minimum atomic E-state index is -1.54. The number of rotatable bonds is 1. The summed E-state index contributed by atoms with van der Waals surface area (Å²) in [4.78, 5) is 14.0. The van der Waals surface area contributed by atoms with E-state index in [1.54, 1.807) is 0 Å². The average Bonchev–Trinajstić information content (AvgIpc) is 2.35. The predicted octanol–water partition coefficient (Wildman–Crippen LogP) is 1.79. The monoisotopic (exact) mass is 238 g/mol. The molecule has 0 radical (unpaired) electrons. The third kappa shape index (κ3) is 2.11. The van der Waals surface area contributed by atoms with Crippen molar-refractivity contribution in [2.45, 2.75) is 0 Å². The van der Waals surface area contributed by atoms with Gasteiger partial charge in [-0.25, -0.2) is 23.0 Å². The van der Waals surface area contributed by atoms with E-state index in [1.165, 1.54) is 18.2 Å². The van der Waals surface area contributed by atoms with Gasteiger partial charge in [-0.1, -0.05) is 0 Å². The zero-order chi connectivity index (χ0) is 12.4. The molecule has 0 amide bonds. The summed E-state index contributed by atoms with van der Waals surface area (Å²) in [5.41, 5.74) is 0.302. The van der Waals surface area contributed by atoms with Crippen LogP contribution in [-0.2, 0) is 4.79 Å². The van der Waals surface area contributed by atoms with E-state index in [1.807, 2.05) is 0 Å². The van der Waals surface area contributed by atoms with E-state index < -0.39 is 17.5 Å². The summed E-state index contributed by atoms with van der Waals surface area (Å²) in [6.45, 7) is 0. The zero-order valence-corrected chi connectivity index (χ0v) is 8.30. The normalized spacial score (nSPS) is 14.1. The van der Waals surface area contributed by atoms with Gasteiger partial charge in [-0.15, -0.1) is 0 Å². The molecule has 1 heterocycles. The van der Waals surface area contributed by atoms with Crippen LogP contribution in [0.15, 0.2) is 29.0 Å². The van der Waals surface area contributed by atoms with E-state index in [0.717, 1.165) is 12.1 Å². The standard InChI is InChI=1S/C11H5F3N2O/c12-7-3-6(4-8(13)11(7)14)9-1-2-15-10(5-17)16-9/h1-4,16H. The maximum Gasteiger partial charge on any atom is 0.217 e. The van der Waals surface area contributed by atoms with Crippen molar-refractivity contribution < 1.29 is 18.0 Å². The molecule has 0 bridgehead atoms. The zero-order valence-electron chi connectivity index (χ0n) is 8.30. The van der Waals surface area contributed by atoms with Gasteiger partial charge in [0.25, 0.3) is 0 Å². The second-order valence-corrected chi connectivity index (χ2v) is 3.19. The van der Waals surface area contributed by atoms with Crippen LogP contribution in [0.1, 0.15) is 5.56 Å². The lowest BCUT2D eigenvalue weighted by Gasteiger charge is -2.12. The van der Waals surface area contributed by atoms with E-state index in [2.05, 4.69) is 10.3 Å². The van der Waals surface area contributed by atoms with Gasteiger partial charge in [0, 0.05) is 17.5 Å². The van der Waals surface area contributed by atoms with Gasteiger partial charge in [0.2, 0.25) is 5.82 Å². The Morgan fingerprint density at radius 3 is 2.41 bits per heavy atom. The quantitative estimate of drug-likeness (QED) is 0.598. The molecule has 0 spiro atoms. The lowest BCUT2D eigenvalue weighted by atomic mass is 10.1. The first-order valence-corrected chi connectivity index (χ1v) is 4.53. The molecule has 17 heavy (non-hydrogen) atoms. The molecule has 86 valence electrons. The van der Waals surface area contributed by atoms with Crippen LogP contribution in [0.25, 0.3) is 5.70 Å². The molecule has 1 aliphatic rings. The summed E-state index contributed by atoms with van der Waals surface area (Å²) >= 11 is 0. The molecular weight excluding hydrogens is 233 g/mol. The van der Waals surface area contributed by atoms with Gasteiger partial charge >= 0.3 is 0 Å². The Morgan fingerprint density at radius 2 is 1.82 bits per heavy atom. The Hall–Kier alpha value is -2.33. The van der Waals surface area contributed by atoms with Crippen LogP contribution in [0.2, 0.25) is 0 Å². The number of allylic oxidation sites excluding steroid dienone is 1. The van der Waals surface area contributed by atoms with E-state index in [-0.39, 0.29) is 17.1 Å². The average molecular weight is 238 g/mol. The molecule has 0 saturated carbocycles. The first-order chi connectivity index (χ1) is 8.11. The van der Waals surface area contributed by atoms with Crippen LogP contribution >= 0.6 is 0 Å². The molecule has 0 aliphatic carbocycles. The van der Waals surface area contributed by atoms with Crippen LogP contribution < -0.4 is 5.32 Å². The number of hydrogen-bond donors (Lipinski definition) is 1. The number of nitrogens with zero attached hydrogens (tertiary/aromatic N) is 1. The number of aliphatic imine (C=N–C) groups is 1. The van der Waals surface area contributed by atoms with E-state index in [0.29, 0.717) is 0 Å². The van der Waals surface area contributed by atoms with Crippen molar-refractivity contribution in [2.75, 3.05) is 0 Å². The second-order valence-electron chi connectivity index (χ2n) is 3.19. The van der Waals surface area contributed by atoms with Crippen molar-refractivity contribution in [1.29, 1.82) is 0 Å². The SMILES string of the molecule is O=C=C1N=CC=C(c2cc(F)c(F)c(F)c2)N1. The summed E-state index contributed by atoms with van der Waals surface area (Å²) in [5, 5.41) is 2.49. The molecule has 1 aromatic carbocycles. The third-order valence-electron chi connectivity index (χ3n) is 2.09. The van der Waals surface area contributed by atoms with E-state index >= 15 is 0 Å². The van der Waals surface area contributed by atoms with E-state index in [9.17, 15) is 18.0 Å². The van der Waals surface area contributed by atoms with Gasteiger partial charge < -0.3 is 5.32 Å². The topological polar surface area (TPSA) is 41.5 Å². The van der Waals surface area contributed by atoms with Gasteiger partial charge in [-0.05, 0) is 18.2 Å². The smallest absolute Gasteiger partial charge is 0.217 e. The molecule has 1 aromatic rings. The maximum absolute atomic E-state index is 13.0. The van der Waals surface area contributed by atoms with Crippen LogP contribution in [0.5, 0.6) is 0 Å². The first-order valence-electron chi connectivity index (χ1n) is 4.53. The summed E-state index contributed by atoms with van der Waals surface area (Å²) in [5.74, 6) is -2.76. The largest absolute Gasteiger partial charge is 0.330 e. The second kappa shape index (κ2) is 4.27. The lowest BCUT2D eigenvalue weighted by Crippen LogP contribution is -2.15. The fourth-order valence-electron chi connectivity index (χ4n) is 1.32. The summed E-state index contributed by atoms with van der Waals surface area (Å²) in [6, 6.07) is 1.64. The van der Waals surface area contributed by atoms with Crippen molar-refractivity contribution in [3.63, 3.8) is 0 Å². The van der Waals surface area contributed by atoms with Gasteiger partial charge in [-0.2, -0.15) is 0 Å². The highest BCUT2D eigenvalue weighted by Crippen LogP contribution is 2.20. The lowest BCUT2D eigenvalue weighted by molar-refractivity contribution is 0.446. The third-order valence-corrected chi connectivity index (χ3v) is 2.09. The molecule has 0 unspecified atom stereocenters. The molecular formula is C11H5F3N2O. The molecule has 2 rings (SSSR count). The van der Waals surface area contributed by atoms with Crippen molar-refractivity contribution >= 4 is 17.9 Å². The Balaban J connectivity index is 2.45. The van der Waals surface area contributed by atoms with Gasteiger partial charge in [0.05, 0.1) is 0 Å². The molecule has 0 atom stereocenters.